The highest BCUT2D eigenvalue weighted by Gasteiger charge is 2.28. The van der Waals surface area contributed by atoms with Gasteiger partial charge in [0, 0.05) is 38.6 Å². The van der Waals surface area contributed by atoms with Crippen molar-refractivity contribution in [1.82, 2.24) is 4.57 Å². The number of nitriles is 1. The number of nitrogens with one attached hydrogen (secondary N) is 1. The maximum atomic E-state index is 13.4. The van der Waals surface area contributed by atoms with Crippen LogP contribution >= 0.6 is 22.9 Å². The summed E-state index contributed by atoms with van der Waals surface area (Å²) in [5.41, 5.74) is 5.19. The van der Waals surface area contributed by atoms with Gasteiger partial charge in [0.15, 0.2) is 0 Å². The third kappa shape index (κ3) is 5.36. The van der Waals surface area contributed by atoms with Crippen LogP contribution in [0.4, 0.5) is 5.00 Å². The highest BCUT2D eigenvalue weighted by molar-refractivity contribution is 7.17. The molecule has 1 aliphatic carbocycles. The molecule has 0 saturated carbocycles. The van der Waals surface area contributed by atoms with Gasteiger partial charge in [-0.2, -0.15) is 5.26 Å². The van der Waals surface area contributed by atoms with Gasteiger partial charge in [-0.15, -0.1) is 11.3 Å². The molecule has 0 fully saturated rings. The Bertz CT molecular complexity index is 1640. The molecule has 0 unspecified atom stereocenters. The second kappa shape index (κ2) is 11.5. The number of hydrogen-bond acceptors (Lipinski definition) is 5. The van der Waals surface area contributed by atoms with E-state index in [9.17, 15) is 14.9 Å². The monoisotopic (exact) mass is 557 g/mol. The first kappa shape index (κ1) is 26.7. The number of halogens is 1. The number of thiophene rings is 1. The zero-order valence-electron chi connectivity index (χ0n) is 21.8. The molecule has 0 atom stereocenters. The third-order valence-corrected chi connectivity index (χ3v) is 8.52. The van der Waals surface area contributed by atoms with Gasteiger partial charge in [-0.1, -0.05) is 41.9 Å². The normalized spacial score (nSPS) is 13.1. The van der Waals surface area contributed by atoms with Crippen LogP contribution in [0.2, 0.25) is 5.02 Å². The number of anilines is 1. The van der Waals surface area contributed by atoms with Gasteiger partial charge in [0.2, 0.25) is 0 Å². The molecule has 2 aromatic heterocycles. The molecule has 0 radical (unpaired) electrons. The van der Waals surface area contributed by atoms with Crippen LogP contribution in [-0.2, 0) is 28.9 Å². The lowest BCUT2D eigenvalue weighted by atomic mass is 9.95. The number of benzene rings is 2. The zero-order valence-corrected chi connectivity index (χ0v) is 23.4. The van der Waals surface area contributed by atoms with Gasteiger partial charge in [-0.05, 0) is 74.9 Å². The Kier molecular flexibility index (Phi) is 7.87. The number of carbonyl (C=O) groups excluding carboxylic acids is 2. The molecule has 39 heavy (non-hydrogen) atoms. The molecule has 1 aliphatic rings. The number of aromatic nitrogens is 1. The Hall–Kier alpha value is -3.86. The molecule has 0 aliphatic heterocycles. The van der Waals surface area contributed by atoms with Crippen LogP contribution in [0.25, 0.3) is 17.0 Å². The summed E-state index contributed by atoms with van der Waals surface area (Å²) in [5, 5.41) is 15.0. The van der Waals surface area contributed by atoms with Crippen LogP contribution in [0.1, 0.15) is 57.4 Å². The van der Waals surface area contributed by atoms with E-state index in [1.807, 2.05) is 55.5 Å². The number of fused-ring (bicyclic) bond motifs is 2. The van der Waals surface area contributed by atoms with E-state index in [1.165, 1.54) is 11.3 Å². The van der Waals surface area contributed by atoms with Crippen molar-refractivity contribution in [2.45, 2.75) is 46.1 Å². The second-order valence-electron chi connectivity index (χ2n) is 9.49. The summed E-state index contributed by atoms with van der Waals surface area (Å²) in [7, 11) is 0. The van der Waals surface area contributed by atoms with Crippen molar-refractivity contribution in [3.8, 4) is 6.07 Å². The maximum Gasteiger partial charge on any atom is 0.341 e. The number of para-hydroxylation sites is 1. The van der Waals surface area contributed by atoms with E-state index in [2.05, 4.69) is 16.0 Å². The number of carbonyl (C=O) groups is 2. The largest absolute Gasteiger partial charge is 0.462 e. The predicted octanol–water partition coefficient (Wildman–Crippen LogP) is 7.31. The third-order valence-electron chi connectivity index (χ3n) is 7.07. The van der Waals surface area contributed by atoms with Crippen LogP contribution in [0.5, 0.6) is 0 Å². The molecular formula is C31H28ClN3O3S. The lowest BCUT2D eigenvalue weighted by molar-refractivity contribution is -0.112. The van der Waals surface area contributed by atoms with E-state index in [-0.39, 0.29) is 12.2 Å². The number of amides is 1. The standard InChI is InChI=1S/C31H28ClN3O3S/c1-3-38-31(37)28-24-9-5-7-11-27(24)39-30(28)34-29(36)21(17-33)16-25-19(2)35(26-10-6-4-8-23(25)26)18-20-12-14-22(32)15-13-20/h4,6,8,10,12-16H,3,5,7,9,11,18H2,1-2H3,(H,34,36). The molecule has 0 spiro atoms. The maximum absolute atomic E-state index is 13.4. The van der Waals surface area contributed by atoms with Crippen molar-refractivity contribution in [2.24, 2.45) is 0 Å². The van der Waals surface area contributed by atoms with Crippen LogP contribution in [-0.4, -0.2) is 23.1 Å². The molecule has 4 aromatic rings. The smallest absolute Gasteiger partial charge is 0.341 e. The molecule has 0 saturated heterocycles. The van der Waals surface area contributed by atoms with Gasteiger partial charge in [0.1, 0.15) is 16.6 Å². The Morgan fingerprint density at radius 2 is 1.90 bits per heavy atom. The van der Waals surface area contributed by atoms with Crippen LogP contribution < -0.4 is 5.32 Å². The summed E-state index contributed by atoms with van der Waals surface area (Å²) >= 11 is 7.48. The van der Waals surface area contributed by atoms with Crippen molar-refractivity contribution in [3.05, 3.63) is 92.0 Å². The lowest BCUT2D eigenvalue weighted by Crippen LogP contribution is -2.16. The van der Waals surface area contributed by atoms with Crippen molar-refractivity contribution >= 4 is 56.8 Å². The minimum atomic E-state index is -0.546. The number of aryl methyl sites for hydroxylation is 1. The number of hydrogen-bond donors (Lipinski definition) is 1. The quantitative estimate of drug-likeness (QED) is 0.147. The molecule has 8 heteroatoms. The van der Waals surface area contributed by atoms with Crippen LogP contribution in [0.3, 0.4) is 0 Å². The summed E-state index contributed by atoms with van der Waals surface area (Å²) in [6.45, 7) is 4.62. The minimum Gasteiger partial charge on any atom is -0.462 e. The van der Waals surface area contributed by atoms with Crippen molar-refractivity contribution < 1.29 is 14.3 Å². The summed E-state index contributed by atoms with van der Waals surface area (Å²) in [6.07, 6.45) is 5.33. The average molecular weight is 558 g/mol. The van der Waals surface area contributed by atoms with E-state index in [1.54, 1.807) is 13.0 Å². The van der Waals surface area contributed by atoms with Gasteiger partial charge in [0.25, 0.3) is 5.91 Å². The average Bonchev–Trinajstić information content (AvgIpc) is 3.43. The molecule has 198 valence electrons. The van der Waals surface area contributed by atoms with Gasteiger partial charge in [-0.3, -0.25) is 4.79 Å². The van der Waals surface area contributed by atoms with E-state index in [0.29, 0.717) is 22.1 Å². The Labute approximate surface area is 236 Å². The SMILES string of the molecule is CCOC(=O)c1c(NC(=O)C(C#N)=Cc2c(C)n(Cc3ccc(Cl)cc3)c3ccccc23)sc2c1CCCC2. The number of rotatable bonds is 7. The molecule has 6 nitrogen and oxygen atoms in total. The first-order chi connectivity index (χ1) is 18.9. The predicted molar refractivity (Wildman–Crippen MR) is 156 cm³/mol. The summed E-state index contributed by atoms with van der Waals surface area (Å²) < 4.78 is 7.48. The highest BCUT2D eigenvalue weighted by atomic mass is 35.5. The minimum absolute atomic E-state index is 0.0336. The number of nitrogens with zero attached hydrogens (tertiary/aromatic N) is 2. The fourth-order valence-corrected chi connectivity index (χ4v) is 6.55. The molecule has 0 bridgehead atoms. The Morgan fingerprint density at radius 3 is 2.64 bits per heavy atom. The number of esters is 1. The van der Waals surface area contributed by atoms with E-state index >= 15 is 0 Å². The molecule has 1 N–H and O–H groups in total. The van der Waals surface area contributed by atoms with E-state index < -0.39 is 11.9 Å². The van der Waals surface area contributed by atoms with Gasteiger partial charge in [-0.25, -0.2) is 4.79 Å². The van der Waals surface area contributed by atoms with Crippen molar-refractivity contribution in [3.63, 3.8) is 0 Å². The second-order valence-corrected chi connectivity index (χ2v) is 11.0. The molecule has 5 rings (SSSR count). The number of ether oxygens (including phenoxy) is 1. The molecule has 2 aromatic carbocycles. The van der Waals surface area contributed by atoms with E-state index in [0.717, 1.165) is 63.8 Å². The van der Waals surface area contributed by atoms with Crippen molar-refractivity contribution in [2.75, 3.05) is 11.9 Å². The van der Waals surface area contributed by atoms with Crippen LogP contribution in [0.15, 0.2) is 54.1 Å². The highest BCUT2D eigenvalue weighted by Crippen LogP contribution is 2.39. The molecule has 1 amide bonds. The summed E-state index contributed by atoms with van der Waals surface area (Å²) in [4.78, 5) is 27.3. The first-order valence-electron chi connectivity index (χ1n) is 13.0. The van der Waals surface area contributed by atoms with E-state index in [4.69, 9.17) is 16.3 Å². The molecular weight excluding hydrogens is 530 g/mol. The zero-order chi connectivity index (χ0) is 27.5. The fraction of sp³-hybridized carbons (Fsp3) is 0.258. The Balaban J connectivity index is 1.51. The lowest BCUT2D eigenvalue weighted by Gasteiger charge is -2.12. The first-order valence-corrected chi connectivity index (χ1v) is 14.2. The summed E-state index contributed by atoms with van der Waals surface area (Å²) in [6, 6.07) is 17.7. The van der Waals surface area contributed by atoms with Crippen LogP contribution in [0, 0.1) is 18.3 Å². The summed E-state index contributed by atoms with van der Waals surface area (Å²) in [5.74, 6) is -0.980. The van der Waals surface area contributed by atoms with Gasteiger partial charge < -0.3 is 14.6 Å². The van der Waals surface area contributed by atoms with Gasteiger partial charge in [0.05, 0.1) is 12.2 Å². The molecule has 2 heterocycles. The van der Waals surface area contributed by atoms with Crippen molar-refractivity contribution in [1.29, 1.82) is 5.26 Å². The fourth-order valence-electron chi connectivity index (χ4n) is 5.15. The Morgan fingerprint density at radius 1 is 1.15 bits per heavy atom. The topological polar surface area (TPSA) is 84.1 Å². The van der Waals surface area contributed by atoms with Gasteiger partial charge >= 0.3 is 5.97 Å².